The maximum absolute atomic E-state index is 5.86. The van der Waals surface area contributed by atoms with Gasteiger partial charge < -0.3 is 9.64 Å². The van der Waals surface area contributed by atoms with Crippen LogP contribution in [0.3, 0.4) is 0 Å². The molecule has 1 heterocycles. The number of rotatable bonds is 4. The van der Waals surface area contributed by atoms with Crippen LogP contribution >= 0.6 is 12.2 Å². The van der Waals surface area contributed by atoms with E-state index in [4.69, 9.17) is 17.0 Å². The van der Waals surface area contributed by atoms with Gasteiger partial charge in [0.15, 0.2) is 0 Å². The summed E-state index contributed by atoms with van der Waals surface area (Å²) in [7, 11) is 0. The van der Waals surface area contributed by atoms with Gasteiger partial charge in [0.1, 0.15) is 17.3 Å². The van der Waals surface area contributed by atoms with Crippen LogP contribution in [0, 0.1) is 0 Å². The predicted octanol–water partition coefficient (Wildman–Crippen LogP) is 5.00. The third-order valence-electron chi connectivity index (χ3n) is 4.77. The summed E-state index contributed by atoms with van der Waals surface area (Å²) in [6.45, 7) is 2.44. The van der Waals surface area contributed by atoms with Gasteiger partial charge in [0, 0.05) is 18.7 Å². The number of ether oxygens (including phenoxy) is 1. The van der Waals surface area contributed by atoms with E-state index in [9.17, 15) is 0 Å². The van der Waals surface area contributed by atoms with Crippen molar-refractivity contribution in [3.05, 3.63) is 101 Å². The van der Waals surface area contributed by atoms with Gasteiger partial charge in [-0.05, 0) is 47.4 Å². The van der Waals surface area contributed by atoms with Crippen molar-refractivity contribution in [2.75, 3.05) is 6.54 Å². The highest BCUT2D eigenvalue weighted by Gasteiger charge is 2.18. The Morgan fingerprint density at radius 3 is 2.31 bits per heavy atom. The molecule has 0 amide bonds. The molecule has 0 atom stereocenters. The summed E-state index contributed by atoms with van der Waals surface area (Å²) in [6, 6.07) is 26.9. The first-order valence-corrected chi connectivity index (χ1v) is 9.33. The van der Waals surface area contributed by atoms with Gasteiger partial charge in [0.25, 0.3) is 0 Å². The minimum Gasteiger partial charge on any atom is -0.489 e. The van der Waals surface area contributed by atoms with Gasteiger partial charge >= 0.3 is 0 Å². The van der Waals surface area contributed by atoms with Crippen molar-refractivity contribution in [3.63, 3.8) is 0 Å². The van der Waals surface area contributed by atoms with Crippen molar-refractivity contribution in [1.82, 2.24) is 4.90 Å². The topological polar surface area (TPSA) is 12.5 Å². The smallest absolute Gasteiger partial charge is 0.119 e. The molecular weight excluding hydrogens is 338 g/mol. The van der Waals surface area contributed by atoms with Crippen molar-refractivity contribution in [2.24, 2.45) is 0 Å². The highest BCUT2D eigenvalue weighted by atomic mass is 32.1. The lowest BCUT2D eigenvalue weighted by atomic mass is 9.99. The molecule has 0 spiro atoms. The lowest BCUT2D eigenvalue weighted by Crippen LogP contribution is -2.35. The lowest BCUT2D eigenvalue weighted by molar-refractivity contribution is 0.306. The second-order valence-corrected chi connectivity index (χ2v) is 6.93. The van der Waals surface area contributed by atoms with E-state index in [-0.39, 0.29) is 0 Å². The first-order valence-electron chi connectivity index (χ1n) is 8.92. The Balaban J connectivity index is 1.40. The van der Waals surface area contributed by atoms with Gasteiger partial charge in [-0.25, -0.2) is 0 Å². The zero-order valence-corrected chi connectivity index (χ0v) is 15.4. The Morgan fingerprint density at radius 2 is 1.54 bits per heavy atom. The molecule has 0 aliphatic carbocycles. The molecule has 0 saturated carbocycles. The molecule has 3 aromatic rings. The van der Waals surface area contributed by atoms with Crippen molar-refractivity contribution >= 4 is 17.2 Å². The van der Waals surface area contributed by atoms with E-state index in [1.165, 1.54) is 16.7 Å². The molecular formula is C23H21NOS. The average Bonchev–Trinajstić information content (AvgIpc) is 2.72. The third-order valence-corrected chi connectivity index (χ3v) is 5.26. The molecule has 1 aliphatic rings. The summed E-state index contributed by atoms with van der Waals surface area (Å²) in [4.78, 5) is 3.20. The first-order chi connectivity index (χ1) is 12.8. The van der Waals surface area contributed by atoms with Gasteiger partial charge in [-0.2, -0.15) is 0 Å². The minimum absolute atomic E-state index is 0.577. The van der Waals surface area contributed by atoms with Crippen molar-refractivity contribution in [3.8, 4) is 5.75 Å². The van der Waals surface area contributed by atoms with Gasteiger partial charge in [0.2, 0.25) is 0 Å². The highest BCUT2D eigenvalue weighted by Crippen LogP contribution is 2.22. The van der Waals surface area contributed by atoms with E-state index >= 15 is 0 Å². The van der Waals surface area contributed by atoms with Crippen LogP contribution in [-0.2, 0) is 19.6 Å². The summed E-state index contributed by atoms with van der Waals surface area (Å²) < 4.78 is 5.86. The van der Waals surface area contributed by atoms with Crippen molar-refractivity contribution in [2.45, 2.75) is 19.6 Å². The van der Waals surface area contributed by atoms with Crippen LogP contribution in [0.2, 0.25) is 0 Å². The number of nitrogens with zero attached hydrogens (tertiary/aromatic N) is 1. The largest absolute Gasteiger partial charge is 0.489 e. The molecule has 0 radical (unpaired) electrons. The lowest BCUT2D eigenvalue weighted by Gasteiger charge is -2.31. The molecule has 0 aromatic heterocycles. The Morgan fingerprint density at radius 1 is 0.846 bits per heavy atom. The zero-order chi connectivity index (χ0) is 17.8. The van der Waals surface area contributed by atoms with Crippen LogP contribution in [0.1, 0.15) is 22.3 Å². The summed E-state index contributed by atoms with van der Waals surface area (Å²) in [5.41, 5.74) is 5.06. The van der Waals surface area contributed by atoms with Crippen molar-refractivity contribution < 1.29 is 4.74 Å². The fraction of sp³-hybridized carbons (Fsp3) is 0.174. The molecule has 0 N–H and O–H groups in total. The van der Waals surface area contributed by atoms with Gasteiger partial charge in [-0.1, -0.05) is 66.8 Å². The van der Waals surface area contributed by atoms with Gasteiger partial charge in [0.05, 0.1) is 0 Å². The molecule has 130 valence electrons. The van der Waals surface area contributed by atoms with Crippen LogP contribution in [-0.4, -0.2) is 16.4 Å². The first kappa shape index (κ1) is 16.8. The molecule has 0 fully saturated rings. The Kier molecular flexibility index (Phi) is 4.98. The van der Waals surface area contributed by atoms with Crippen LogP contribution in [0.15, 0.2) is 78.9 Å². The van der Waals surface area contributed by atoms with Crippen LogP contribution in [0.4, 0.5) is 0 Å². The highest BCUT2D eigenvalue weighted by molar-refractivity contribution is 7.80. The number of benzene rings is 3. The van der Waals surface area contributed by atoms with Crippen LogP contribution in [0.5, 0.6) is 5.75 Å². The van der Waals surface area contributed by atoms with Crippen LogP contribution < -0.4 is 4.74 Å². The van der Waals surface area contributed by atoms with Crippen molar-refractivity contribution in [1.29, 1.82) is 0 Å². The fourth-order valence-corrected chi connectivity index (χ4v) is 3.58. The van der Waals surface area contributed by atoms with Crippen LogP contribution in [0.25, 0.3) is 0 Å². The predicted molar refractivity (Wildman–Crippen MR) is 109 cm³/mol. The molecule has 0 bridgehead atoms. The number of hydrogen-bond donors (Lipinski definition) is 0. The van der Waals surface area contributed by atoms with Gasteiger partial charge in [-0.3, -0.25) is 0 Å². The summed E-state index contributed by atoms with van der Waals surface area (Å²) in [5, 5.41) is 0. The van der Waals surface area contributed by atoms with E-state index in [2.05, 4.69) is 53.4 Å². The second kappa shape index (κ2) is 7.71. The standard InChI is InChI=1S/C23H21NOS/c26-23(24-15-14-19-8-4-5-9-21(19)16-24)20-10-12-22(13-11-20)25-17-18-6-2-1-3-7-18/h1-13H,14-17H2. The van der Waals surface area contributed by atoms with Gasteiger partial charge in [-0.15, -0.1) is 0 Å². The Labute approximate surface area is 160 Å². The molecule has 0 saturated heterocycles. The number of hydrogen-bond acceptors (Lipinski definition) is 2. The van der Waals surface area contributed by atoms with E-state index in [1.54, 1.807) is 0 Å². The third kappa shape index (κ3) is 3.78. The monoisotopic (exact) mass is 359 g/mol. The molecule has 26 heavy (non-hydrogen) atoms. The van der Waals surface area contributed by atoms with E-state index in [1.807, 2.05) is 30.3 Å². The number of thiocarbonyl (C=S) groups is 1. The summed E-state index contributed by atoms with van der Waals surface area (Å²) in [5.74, 6) is 0.865. The summed E-state index contributed by atoms with van der Waals surface area (Å²) in [6.07, 6.45) is 1.05. The maximum Gasteiger partial charge on any atom is 0.119 e. The maximum atomic E-state index is 5.86. The molecule has 4 rings (SSSR count). The minimum atomic E-state index is 0.577. The van der Waals surface area contributed by atoms with E-state index in [0.29, 0.717) is 6.61 Å². The van der Waals surface area contributed by atoms with E-state index < -0.39 is 0 Å². The fourth-order valence-electron chi connectivity index (χ4n) is 3.29. The molecule has 2 nitrogen and oxygen atoms in total. The SMILES string of the molecule is S=C(c1ccc(OCc2ccccc2)cc1)N1CCc2ccccc2C1. The summed E-state index contributed by atoms with van der Waals surface area (Å²) >= 11 is 5.74. The molecule has 0 unspecified atom stereocenters. The molecule has 3 heteroatoms. The Bertz CT molecular complexity index is 890. The van der Waals surface area contributed by atoms with E-state index in [0.717, 1.165) is 35.8 Å². The number of fused-ring (bicyclic) bond motifs is 1. The quantitative estimate of drug-likeness (QED) is 0.608. The molecule has 3 aromatic carbocycles. The molecule has 1 aliphatic heterocycles. The second-order valence-electron chi connectivity index (χ2n) is 6.54. The average molecular weight is 359 g/mol. The zero-order valence-electron chi connectivity index (χ0n) is 14.6. The Hall–Kier alpha value is -2.65. The normalized spacial score (nSPS) is 13.2.